The molecule has 0 saturated carbocycles. The van der Waals surface area contributed by atoms with Crippen LogP contribution in [0.25, 0.3) is 16.3 Å². The van der Waals surface area contributed by atoms with Crippen LogP contribution >= 0.6 is 0 Å². The third kappa shape index (κ3) is 3.64. The smallest absolute Gasteiger partial charge is 0.411 e. The molecule has 3 aromatic rings. The Bertz CT molecular complexity index is 1060. The van der Waals surface area contributed by atoms with Crippen molar-refractivity contribution in [1.82, 2.24) is 4.90 Å². The molecular weight excluding hydrogens is 362 g/mol. The highest BCUT2D eigenvalue weighted by atomic mass is 16.6. The zero-order valence-electron chi connectivity index (χ0n) is 16.2. The SMILES string of the molecule is O=C(OCc1ccccc1)N1C2C=C(c3ccc4ccccc4c3)CC1COC2. The van der Waals surface area contributed by atoms with Crippen molar-refractivity contribution in [1.29, 1.82) is 0 Å². The van der Waals surface area contributed by atoms with Crippen LogP contribution in [0, 0.1) is 0 Å². The molecule has 2 unspecified atom stereocenters. The molecule has 2 aliphatic heterocycles. The summed E-state index contributed by atoms with van der Waals surface area (Å²) in [6.45, 7) is 1.34. The minimum atomic E-state index is -0.263. The Labute approximate surface area is 170 Å². The summed E-state index contributed by atoms with van der Waals surface area (Å²) in [5, 5.41) is 2.47. The van der Waals surface area contributed by atoms with Crippen molar-refractivity contribution in [3.8, 4) is 0 Å². The molecule has 1 amide bonds. The molecule has 0 aromatic heterocycles. The van der Waals surface area contributed by atoms with Gasteiger partial charge in [-0.25, -0.2) is 4.79 Å². The van der Waals surface area contributed by atoms with E-state index in [2.05, 4.69) is 48.5 Å². The van der Waals surface area contributed by atoms with Crippen LogP contribution in [0.2, 0.25) is 0 Å². The van der Waals surface area contributed by atoms with Gasteiger partial charge in [0, 0.05) is 0 Å². The summed E-state index contributed by atoms with van der Waals surface area (Å²) in [4.78, 5) is 14.7. The minimum absolute atomic E-state index is 0.00323. The van der Waals surface area contributed by atoms with Crippen molar-refractivity contribution >= 4 is 22.4 Å². The molecule has 2 atom stereocenters. The van der Waals surface area contributed by atoms with Crippen LogP contribution in [0.15, 0.2) is 78.9 Å². The van der Waals surface area contributed by atoms with E-state index in [4.69, 9.17) is 9.47 Å². The van der Waals surface area contributed by atoms with E-state index in [1.54, 1.807) is 0 Å². The van der Waals surface area contributed by atoms with Crippen LogP contribution in [0.3, 0.4) is 0 Å². The summed E-state index contributed by atoms with van der Waals surface area (Å²) in [5.74, 6) is 0. The van der Waals surface area contributed by atoms with Gasteiger partial charge in [0.05, 0.1) is 25.3 Å². The van der Waals surface area contributed by atoms with Gasteiger partial charge in [0.15, 0.2) is 0 Å². The molecule has 0 N–H and O–H groups in total. The first kappa shape index (κ1) is 18.0. The number of nitrogens with zero attached hydrogens (tertiary/aromatic N) is 1. The number of benzene rings is 3. The van der Waals surface area contributed by atoms with Crippen molar-refractivity contribution < 1.29 is 14.3 Å². The summed E-state index contributed by atoms with van der Waals surface area (Å²) in [5.41, 5.74) is 3.49. The molecule has 1 fully saturated rings. The highest BCUT2D eigenvalue weighted by molar-refractivity contribution is 5.87. The summed E-state index contributed by atoms with van der Waals surface area (Å²) in [7, 11) is 0. The Hall–Kier alpha value is -3.11. The molecule has 2 heterocycles. The number of carbonyl (C=O) groups excluding carboxylic acids is 1. The maximum Gasteiger partial charge on any atom is 0.411 e. The number of hydrogen-bond donors (Lipinski definition) is 0. The van der Waals surface area contributed by atoms with Crippen molar-refractivity contribution in [2.75, 3.05) is 13.2 Å². The zero-order chi connectivity index (χ0) is 19.6. The normalized spacial score (nSPS) is 21.0. The van der Waals surface area contributed by atoms with E-state index in [1.807, 2.05) is 35.2 Å². The van der Waals surface area contributed by atoms with Gasteiger partial charge in [-0.3, -0.25) is 4.90 Å². The molecule has 3 aromatic carbocycles. The average molecular weight is 385 g/mol. The summed E-state index contributed by atoms with van der Waals surface area (Å²) in [6, 6.07) is 24.7. The zero-order valence-corrected chi connectivity index (χ0v) is 16.2. The lowest BCUT2D eigenvalue weighted by atomic mass is 9.89. The van der Waals surface area contributed by atoms with E-state index in [-0.39, 0.29) is 24.8 Å². The maximum absolute atomic E-state index is 12.8. The lowest BCUT2D eigenvalue weighted by molar-refractivity contribution is -0.0342. The minimum Gasteiger partial charge on any atom is -0.445 e. The highest BCUT2D eigenvalue weighted by Gasteiger charge is 2.39. The molecule has 2 bridgehead atoms. The molecule has 4 heteroatoms. The fraction of sp³-hybridized carbons (Fsp3) is 0.240. The molecule has 29 heavy (non-hydrogen) atoms. The molecular formula is C25H23NO3. The van der Waals surface area contributed by atoms with E-state index in [0.717, 1.165) is 12.0 Å². The number of ether oxygens (including phenoxy) is 2. The molecule has 0 aliphatic carbocycles. The van der Waals surface area contributed by atoms with Gasteiger partial charge in [-0.2, -0.15) is 0 Å². The molecule has 0 radical (unpaired) electrons. The fourth-order valence-corrected chi connectivity index (χ4v) is 4.28. The van der Waals surface area contributed by atoms with Gasteiger partial charge < -0.3 is 9.47 Å². The van der Waals surface area contributed by atoms with E-state index in [9.17, 15) is 4.79 Å². The Morgan fingerprint density at radius 3 is 2.59 bits per heavy atom. The van der Waals surface area contributed by atoms with Gasteiger partial charge in [0.2, 0.25) is 0 Å². The van der Waals surface area contributed by atoms with Gasteiger partial charge in [0.25, 0.3) is 0 Å². The van der Waals surface area contributed by atoms with Crippen LogP contribution < -0.4 is 0 Å². The monoisotopic (exact) mass is 385 g/mol. The predicted molar refractivity (Wildman–Crippen MR) is 113 cm³/mol. The Morgan fingerprint density at radius 1 is 0.966 bits per heavy atom. The Morgan fingerprint density at radius 2 is 1.76 bits per heavy atom. The first-order valence-corrected chi connectivity index (χ1v) is 10.0. The van der Waals surface area contributed by atoms with Gasteiger partial charge in [-0.1, -0.05) is 72.8 Å². The van der Waals surface area contributed by atoms with Gasteiger partial charge in [-0.05, 0) is 40.0 Å². The standard InChI is InChI=1S/C25H23NO3/c27-25(29-15-18-6-2-1-3-7-18)26-23-13-22(14-24(26)17-28-16-23)21-11-10-19-8-4-5-9-20(19)12-21/h1-13,23-24H,14-17H2. The quantitative estimate of drug-likeness (QED) is 0.634. The van der Waals surface area contributed by atoms with Crippen molar-refractivity contribution in [3.63, 3.8) is 0 Å². The second-order valence-electron chi connectivity index (χ2n) is 7.66. The van der Waals surface area contributed by atoms with Crippen LogP contribution in [-0.2, 0) is 16.1 Å². The largest absolute Gasteiger partial charge is 0.445 e. The summed E-state index contributed by atoms with van der Waals surface area (Å²) in [6.07, 6.45) is 2.68. The van der Waals surface area contributed by atoms with Crippen molar-refractivity contribution in [2.45, 2.75) is 25.1 Å². The molecule has 2 aliphatic rings. The lowest BCUT2D eigenvalue weighted by Crippen LogP contribution is -2.56. The van der Waals surface area contributed by atoms with Crippen LogP contribution in [-0.4, -0.2) is 36.3 Å². The van der Waals surface area contributed by atoms with Gasteiger partial charge in [0.1, 0.15) is 6.61 Å². The third-order valence-corrected chi connectivity index (χ3v) is 5.73. The number of fused-ring (bicyclic) bond motifs is 3. The topological polar surface area (TPSA) is 38.8 Å². The van der Waals surface area contributed by atoms with E-state index in [0.29, 0.717) is 13.2 Å². The second kappa shape index (κ2) is 7.72. The van der Waals surface area contributed by atoms with E-state index >= 15 is 0 Å². The number of carbonyl (C=O) groups is 1. The fourth-order valence-electron chi connectivity index (χ4n) is 4.28. The Balaban J connectivity index is 1.36. The van der Waals surface area contributed by atoms with Crippen LogP contribution in [0.5, 0.6) is 0 Å². The lowest BCUT2D eigenvalue weighted by Gasteiger charge is -2.43. The Kier molecular flexibility index (Phi) is 4.78. The predicted octanol–water partition coefficient (Wildman–Crippen LogP) is 5.03. The van der Waals surface area contributed by atoms with E-state index in [1.165, 1.54) is 21.9 Å². The van der Waals surface area contributed by atoms with Crippen molar-refractivity contribution in [3.05, 3.63) is 90.0 Å². The van der Waals surface area contributed by atoms with Gasteiger partial charge >= 0.3 is 6.09 Å². The number of rotatable bonds is 3. The summed E-state index contributed by atoms with van der Waals surface area (Å²) >= 11 is 0. The second-order valence-corrected chi connectivity index (χ2v) is 7.66. The van der Waals surface area contributed by atoms with Crippen molar-refractivity contribution in [2.24, 2.45) is 0 Å². The molecule has 0 spiro atoms. The first-order valence-electron chi connectivity index (χ1n) is 10.0. The third-order valence-electron chi connectivity index (χ3n) is 5.73. The molecule has 5 rings (SSSR count). The first-order chi connectivity index (χ1) is 14.3. The van der Waals surface area contributed by atoms with E-state index < -0.39 is 0 Å². The molecule has 4 nitrogen and oxygen atoms in total. The molecule has 1 saturated heterocycles. The van der Waals surface area contributed by atoms with Crippen LogP contribution in [0.1, 0.15) is 17.5 Å². The summed E-state index contributed by atoms with van der Waals surface area (Å²) < 4.78 is 11.3. The number of morpholine rings is 1. The molecule has 146 valence electrons. The number of hydrogen-bond acceptors (Lipinski definition) is 3. The highest BCUT2D eigenvalue weighted by Crippen LogP contribution is 2.34. The van der Waals surface area contributed by atoms with Gasteiger partial charge in [-0.15, -0.1) is 0 Å². The average Bonchev–Trinajstić information content (AvgIpc) is 2.77. The van der Waals surface area contributed by atoms with Crippen LogP contribution in [0.4, 0.5) is 4.79 Å². The number of amides is 1. The maximum atomic E-state index is 12.8.